The molecule has 0 aromatic carbocycles. The Balaban J connectivity index is 1.71. The van der Waals surface area contributed by atoms with Crippen molar-refractivity contribution in [3.63, 3.8) is 0 Å². The summed E-state index contributed by atoms with van der Waals surface area (Å²) in [6, 6.07) is -0.163. The summed E-state index contributed by atoms with van der Waals surface area (Å²) in [6.45, 7) is 8.03. The number of anilines is 1. The van der Waals surface area contributed by atoms with Gasteiger partial charge in [-0.15, -0.1) is 10.2 Å². The third kappa shape index (κ3) is 4.73. The Morgan fingerprint density at radius 2 is 2.21 bits per heavy atom. The third-order valence-corrected chi connectivity index (χ3v) is 3.51. The largest absolute Gasteiger partial charge is 0.379 e. The van der Waals surface area contributed by atoms with Crippen LogP contribution in [0.4, 0.5) is 9.93 Å². The first-order chi connectivity index (χ1) is 9.13. The van der Waals surface area contributed by atoms with Crippen LogP contribution in [-0.4, -0.2) is 60.0 Å². The maximum atomic E-state index is 11.7. The van der Waals surface area contributed by atoms with Crippen molar-refractivity contribution in [2.75, 3.05) is 38.2 Å². The molecule has 2 rings (SSSR count). The van der Waals surface area contributed by atoms with Crippen LogP contribution >= 0.6 is 11.3 Å². The van der Waals surface area contributed by atoms with Gasteiger partial charge >= 0.3 is 6.03 Å². The number of urea groups is 1. The number of amides is 2. The van der Waals surface area contributed by atoms with E-state index in [1.54, 1.807) is 0 Å². The predicted molar refractivity (Wildman–Crippen MR) is 73.5 cm³/mol. The summed E-state index contributed by atoms with van der Waals surface area (Å²) in [4.78, 5) is 14.0. The highest BCUT2D eigenvalue weighted by Crippen LogP contribution is 2.13. The number of carbonyl (C=O) groups is 1. The van der Waals surface area contributed by atoms with Crippen molar-refractivity contribution in [3.05, 3.63) is 5.01 Å². The van der Waals surface area contributed by atoms with Gasteiger partial charge in [-0.1, -0.05) is 11.3 Å². The molecule has 1 saturated heterocycles. The van der Waals surface area contributed by atoms with Gasteiger partial charge in [-0.3, -0.25) is 10.2 Å². The lowest BCUT2D eigenvalue weighted by atomic mass is 10.3. The first kappa shape index (κ1) is 14.2. The van der Waals surface area contributed by atoms with Gasteiger partial charge < -0.3 is 10.1 Å². The van der Waals surface area contributed by atoms with Crippen molar-refractivity contribution in [2.24, 2.45) is 0 Å². The molecule has 8 heteroatoms. The minimum absolute atomic E-state index is 0.0760. The normalized spacial score (nSPS) is 18.0. The van der Waals surface area contributed by atoms with E-state index in [1.807, 2.05) is 13.8 Å². The smallest absolute Gasteiger partial charge is 0.321 e. The molecule has 0 bridgehead atoms. The molecule has 1 fully saturated rings. The van der Waals surface area contributed by atoms with E-state index in [9.17, 15) is 4.79 Å². The maximum Gasteiger partial charge on any atom is 0.321 e. The van der Waals surface area contributed by atoms with Crippen LogP contribution in [0.5, 0.6) is 0 Å². The number of morpholine rings is 1. The van der Waals surface area contributed by atoms with Gasteiger partial charge in [-0.25, -0.2) is 4.79 Å². The zero-order valence-corrected chi connectivity index (χ0v) is 12.0. The van der Waals surface area contributed by atoms with E-state index in [0.717, 1.165) is 37.9 Å². The van der Waals surface area contributed by atoms with Gasteiger partial charge in [0.2, 0.25) is 5.13 Å². The molecule has 0 spiro atoms. The van der Waals surface area contributed by atoms with Gasteiger partial charge in [0.25, 0.3) is 0 Å². The van der Waals surface area contributed by atoms with Crippen molar-refractivity contribution in [3.8, 4) is 0 Å². The molecule has 7 nitrogen and oxygen atoms in total. The molecule has 2 amide bonds. The molecule has 19 heavy (non-hydrogen) atoms. The second-order valence-electron chi connectivity index (χ2n) is 4.54. The van der Waals surface area contributed by atoms with E-state index >= 15 is 0 Å². The fourth-order valence-electron chi connectivity index (χ4n) is 1.92. The van der Waals surface area contributed by atoms with Crippen molar-refractivity contribution >= 4 is 22.5 Å². The molecular weight excluding hydrogens is 266 g/mol. The molecule has 0 saturated carbocycles. The molecule has 1 aromatic rings. The standard InChI is InChI=1S/C11H19N5O2S/c1-8(7-16-3-5-18-6-4-16)12-10(17)13-11-15-14-9(2)19-11/h8H,3-7H2,1-2H3,(H2,12,13,15,17). The Morgan fingerprint density at radius 3 is 2.84 bits per heavy atom. The average Bonchev–Trinajstić information content (AvgIpc) is 2.75. The van der Waals surface area contributed by atoms with Gasteiger partial charge in [-0.2, -0.15) is 0 Å². The monoisotopic (exact) mass is 285 g/mol. The summed E-state index contributed by atoms with van der Waals surface area (Å²) in [5, 5.41) is 14.6. The number of nitrogens with one attached hydrogen (secondary N) is 2. The van der Waals surface area contributed by atoms with Gasteiger partial charge in [0, 0.05) is 25.7 Å². The van der Waals surface area contributed by atoms with Crippen molar-refractivity contribution in [1.29, 1.82) is 0 Å². The minimum atomic E-state index is -0.239. The van der Waals surface area contributed by atoms with E-state index in [-0.39, 0.29) is 12.1 Å². The zero-order valence-electron chi connectivity index (χ0n) is 11.2. The Kier molecular flexibility index (Phi) is 5.06. The number of hydrogen-bond acceptors (Lipinski definition) is 6. The fourth-order valence-corrected chi connectivity index (χ4v) is 2.51. The molecule has 1 aromatic heterocycles. The lowest BCUT2D eigenvalue weighted by molar-refractivity contribution is 0.0350. The lowest BCUT2D eigenvalue weighted by Gasteiger charge is -2.29. The van der Waals surface area contributed by atoms with Crippen molar-refractivity contribution in [2.45, 2.75) is 19.9 Å². The molecule has 0 radical (unpaired) electrons. The van der Waals surface area contributed by atoms with E-state index in [0.29, 0.717) is 5.13 Å². The quantitative estimate of drug-likeness (QED) is 0.851. The molecular formula is C11H19N5O2S. The van der Waals surface area contributed by atoms with Crippen LogP contribution in [0.1, 0.15) is 11.9 Å². The second kappa shape index (κ2) is 6.78. The Morgan fingerprint density at radius 1 is 1.47 bits per heavy atom. The Bertz CT molecular complexity index is 419. The highest BCUT2D eigenvalue weighted by Gasteiger charge is 2.15. The van der Waals surface area contributed by atoms with Crippen LogP contribution in [0.25, 0.3) is 0 Å². The minimum Gasteiger partial charge on any atom is -0.379 e. The fraction of sp³-hybridized carbons (Fsp3) is 0.727. The van der Waals surface area contributed by atoms with Crippen molar-refractivity contribution in [1.82, 2.24) is 20.4 Å². The lowest BCUT2D eigenvalue weighted by Crippen LogP contribution is -2.47. The topological polar surface area (TPSA) is 79.4 Å². The SMILES string of the molecule is Cc1nnc(NC(=O)NC(C)CN2CCOCC2)s1. The second-order valence-corrected chi connectivity index (χ2v) is 5.72. The molecule has 2 heterocycles. The summed E-state index contributed by atoms with van der Waals surface area (Å²) in [7, 11) is 0. The number of hydrogen-bond donors (Lipinski definition) is 2. The average molecular weight is 285 g/mol. The number of aryl methyl sites for hydroxylation is 1. The maximum absolute atomic E-state index is 11.7. The Labute approximate surface area is 116 Å². The predicted octanol–water partition coefficient (Wildman–Crippen LogP) is 0.689. The van der Waals surface area contributed by atoms with Gasteiger partial charge in [-0.05, 0) is 13.8 Å². The number of carbonyl (C=O) groups excluding carboxylic acids is 1. The van der Waals surface area contributed by atoms with Gasteiger partial charge in [0.1, 0.15) is 5.01 Å². The van der Waals surface area contributed by atoms with Gasteiger partial charge in [0.05, 0.1) is 13.2 Å². The van der Waals surface area contributed by atoms with Crippen molar-refractivity contribution < 1.29 is 9.53 Å². The summed E-state index contributed by atoms with van der Waals surface area (Å²) in [5.41, 5.74) is 0. The molecule has 1 aliphatic rings. The molecule has 2 N–H and O–H groups in total. The van der Waals surface area contributed by atoms with Crippen LogP contribution in [-0.2, 0) is 4.74 Å². The van der Waals surface area contributed by atoms with Gasteiger partial charge in [0.15, 0.2) is 0 Å². The first-order valence-electron chi connectivity index (χ1n) is 6.31. The molecule has 1 aliphatic heterocycles. The van der Waals surface area contributed by atoms with E-state index in [1.165, 1.54) is 11.3 Å². The molecule has 1 unspecified atom stereocenters. The molecule has 106 valence electrons. The Hall–Kier alpha value is -1.25. The van der Waals surface area contributed by atoms with Crippen LogP contribution in [0, 0.1) is 6.92 Å². The zero-order chi connectivity index (χ0) is 13.7. The highest BCUT2D eigenvalue weighted by atomic mass is 32.1. The first-order valence-corrected chi connectivity index (χ1v) is 7.13. The van der Waals surface area contributed by atoms with Crippen LogP contribution in [0.15, 0.2) is 0 Å². The van der Waals surface area contributed by atoms with E-state index in [2.05, 4.69) is 25.7 Å². The van der Waals surface area contributed by atoms with Crippen LogP contribution in [0.3, 0.4) is 0 Å². The third-order valence-electron chi connectivity index (χ3n) is 2.76. The number of aromatic nitrogens is 2. The number of ether oxygens (including phenoxy) is 1. The summed E-state index contributed by atoms with van der Waals surface area (Å²) in [6.07, 6.45) is 0. The van der Waals surface area contributed by atoms with Crippen LogP contribution in [0.2, 0.25) is 0 Å². The highest BCUT2D eigenvalue weighted by molar-refractivity contribution is 7.15. The molecule has 0 aliphatic carbocycles. The van der Waals surface area contributed by atoms with Crippen LogP contribution < -0.4 is 10.6 Å². The van der Waals surface area contributed by atoms with E-state index < -0.39 is 0 Å². The summed E-state index contributed by atoms with van der Waals surface area (Å²) >= 11 is 1.36. The summed E-state index contributed by atoms with van der Waals surface area (Å²) in [5.74, 6) is 0. The van der Waals surface area contributed by atoms with E-state index in [4.69, 9.17) is 4.74 Å². The summed E-state index contributed by atoms with van der Waals surface area (Å²) < 4.78 is 5.29. The molecule has 1 atom stereocenters. The number of nitrogens with zero attached hydrogens (tertiary/aromatic N) is 3. The number of rotatable bonds is 4.